The summed E-state index contributed by atoms with van der Waals surface area (Å²) in [5.41, 5.74) is 2.83. The maximum absolute atomic E-state index is 10.3. The molecule has 0 aliphatic rings. The van der Waals surface area contributed by atoms with Gasteiger partial charge in [-0.05, 0) is 58.8 Å². The second-order valence-electron chi connectivity index (χ2n) is 3.69. The second kappa shape index (κ2) is 4.93. The Labute approximate surface area is 108 Å². The van der Waals surface area contributed by atoms with Crippen LogP contribution in [0.1, 0.15) is 22.8 Å². The van der Waals surface area contributed by atoms with E-state index < -0.39 is 6.10 Å². The van der Waals surface area contributed by atoms with Crippen LogP contribution in [0.3, 0.4) is 0 Å². The van der Waals surface area contributed by atoms with Crippen molar-refractivity contribution < 1.29 is 5.11 Å². The van der Waals surface area contributed by atoms with Crippen LogP contribution in [-0.4, -0.2) is 10.1 Å². The number of aliphatic hydroxyl groups excluding tert-OH is 1. The fourth-order valence-corrected chi connectivity index (χ4v) is 2.19. The average molecular weight is 325 g/mol. The quantitative estimate of drug-likeness (QED) is 0.861. The summed E-state index contributed by atoms with van der Waals surface area (Å²) in [6.45, 7) is 1.98. The van der Waals surface area contributed by atoms with Gasteiger partial charge in [-0.25, -0.2) is 0 Å². The van der Waals surface area contributed by atoms with Crippen LogP contribution in [0.25, 0.3) is 0 Å². The molecule has 1 aromatic carbocycles. The first-order valence-electron chi connectivity index (χ1n) is 5.02. The average Bonchev–Trinajstić information content (AvgIpc) is 2.29. The number of aryl methyl sites for hydroxylation is 1. The smallest absolute Gasteiger partial charge is 0.106 e. The van der Waals surface area contributed by atoms with E-state index in [9.17, 15) is 5.11 Å². The molecule has 2 nitrogen and oxygen atoms in total. The Balaban J connectivity index is 2.39. The topological polar surface area (TPSA) is 33.1 Å². The summed E-state index contributed by atoms with van der Waals surface area (Å²) in [7, 11) is 0. The molecule has 1 N–H and O–H groups in total. The third-order valence-corrected chi connectivity index (χ3v) is 3.21. The highest BCUT2D eigenvalue weighted by atomic mass is 127. The van der Waals surface area contributed by atoms with Crippen LogP contribution < -0.4 is 0 Å². The summed E-state index contributed by atoms with van der Waals surface area (Å²) in [5, 5.41) is 10.3. The fraction of sp³-hybridized carbons (Fsp3) is 0.154. The van der Waals surface area contributed by atoms with Gasteiger partial charge in [0.25, 0.3) is 0 Å². The molecule has 1 atom stereocenters. The first-order chi connectivity index (χ1) is 7.68. The van der Waals surface area contributed by atoms with E-state index in [1.165, 1.54) is 0 Å². The van der Waals surface area contributed by atoms with E-state index in [0.29, 0.717) is 0 Å². The lowest BCUT2D eigenvalue weighted by Crippen LogP contribution is -2.02. The predicted molar refractivity (Wildman–Crippen MR) is 72.2 cm³/mol. The van der Waals surface area contributed by atoms with Gasteiger partial charge in [0.2, 0.25) is 0 Å². The molecular weight excluding hydrogens is 313 g/mol. The Kier molecular flexibility index (Phi) is 3.56. The molecule has 3 heteroatoms. The molecule has 0 aliphatic carbocycles. The highest BCUT2D eigenvalue weighted by Crippen LogP contribution is 2.24. The normalized spacial score (nSPS) is 12.4. The number of rotatable bonds is 2. The zero-order valence-electron chi connectivity index (χ0n) is 8.89. The van der Waals surface area contributed by atoms with Gasteiger partial charge in [0, 0.05) is 21.5 Å². The molecule has 1 unspecified atom stereocenters. The number of benzene rings is 1. The van der Waals surface area contributed by atoms with Gasteiger partial charge in [0.05, 0.1) is 0 Å². The number of aromatic nitrogens is 1. The van der Waals surface area contributed by atoms with Crippen LogP contribution in [0.2, 0.25) is 0 Å². The lowest BCUT2D eigenvalue weighted by molar-refractivity contribution is 0.219. The maximum Gasteiger partial charge on any atom is 0.106 e. The minimum Gasteiger partial charge on any atom is -0.384 e. The molecule has 0 amide bonds. The van der Waals surface area contributed by atoms with Gasteiger partial charge >= 0.3 is 0 Å². The number of nitrogens with zero attached hydrogens (tertiary/aromatic N) is 1. The lowest BCUT2D eigenvalue weighted by Gasteiger charge is -2.13. The highest BCUT2D eigenvalue weighted by Gasteiger charge is 2.12. The number of hydrogen-bond donors (Lipinski definition) is 1. The minimum atomic E-state index is -0.594. The van der Waals surface area contributed by atoms with E-state index >= 15 is 0 Å². The lowest BCUT2D eigenvalue weighted by atomic mass is 10.00. The third-order valence-electron chi connectivity index (χ3n) is 2.54. The maximum atomic E-state index is 10.3. The van der Waals surface area contributed by atoms with Crippen LogP contribution in [0.15, 0.2) is 42.7 Å². The Morgan fingerprint density at radius 1 is 1.31 bits per heavy atom. The molecule has 16 heavy (non-hydrogen) atoms. The Bertz CT molecular complexity index is 499. The monoisotopic (exact) mass is 325 g/mol. The molecule has 0 radical (unpaired) electrons. The van der Waals surface area contributed by atoms with Crippen LogP contribution in [0.5, 0.6) is 0 Å². The van der Waals surface area contributed by atoms with Gasteiger partial charge < -0.3 is 5.11 Å². The van der Waals surface area contributed by atoms with Crippen LogP contribution in [0, 0.1) is 10.5 Å². The zero-order chi connectivity index (χ0) is 11.5. The molecule has 0 bridgehead atoms. The standard InChI is InChI=1S/C13H12INO/c1-9-5-6-15-8-12(9)13(16)10-3-2-4-11(14)7-10/h2-8,13,16H,1H3. The largest absolute Gasteiger partial charge is 0.384 e. The van der Waals surface area contributed by atoms with Crippen molar-refractivity contribution >= 4 is 22.6 Å². The van der Waals surface area contributed by atoms with Crippen LogP contribution >= 0.6 is 22.6 Å². The van der Waals surface area contributed by atoms with Crippen molar-refractivity contribution in [1.82, 2.24) is 4.98 Å². The minimum absolute atomic E-state index is 0.594. The molecule has 1 heterocycles. The van der Waals surface area contributed by atoms with Gasteiger partial charge in [0.1, 0.15) is 6.10 Å². The van der Waals surface area contributed by atoms with E-state index in [0.717, 1.165) is 20.3 Å². The number of hydrogen-bond acceptors (Lipinski definition) is 2. The molecule has 0 saturated heterocycles. The summed E-state index contributed by atoms with van der Waals surface area (Å²) in [6.07, 6.45) is 2.86. The summed E-state index contributed by atoms with van der Waals surface area (Å²) in [5.74, 6) is 0. The van der Waals surface area contributed by atoms with Gasteiger partial charge in [-0.2, -0.15) is 0 Å². The molecular formula is C13H12INO. The molecule has 82 valence electrons. The molecule has 1 aromatic heterocycles. The van der Waals surface area contributed by atoms with E-state index in [-0.39, 0.29) is 0 Å². The van der Waals surface area contributed by atoms with Crippen molar-refractivity contribution in [2.75, 3.05) is 0 Å². The van der Waals surface area contributed by atoms with Crippen LogP contribution in [0.4, 0.5) is 0 Å². The molecule has 0 aliphatic heterocycles. The fourth-order valence-electron chi connectivity index (χ4n) is 1.62. The van der Waals surface area contributed by atoms with Crippen molar-refractivity contribution in [3.8, 4) is 0 Å². The number of halogens is 1. The van der Waals surface area contributed by atoms with Crippen molar-refractivity contribution in [1.29, 1.82) is 0 Å². The van der Waals surface area contributed by atoms with Crippen molar-refractivity contribution in [3.05, 3.63) is 63.0 Å². The molecule has 0 saturated carbocycles. The number of pyridine rings is 1. The van der Waals surface area contributed by atoms with Gasteiger partial charge in [-0.3, -0.25) is 4.98 Å². The third kappa shape index (κ3) is 2.41. The van der Waals surface area contributed by atoms with Crippen molar-refractivity contribution in [3.63, 3.8) is 0 Å². The zero-order valence-corrected chi connectivity index (χ0v) is 11.0. The summed E-state index contributed by atoms with van der Waals surface area (Å²) in [4.78, 5) is 4.05. The van der Waals surface area contributed by atoms with Gasteiger partial charge in [-0.1, -0.05) is 12.1 Å². The SMILES string of the molecule is Cc1ccncc1C(O)c1cccc(I)c1. The Hall–Kier alpha value is -0.940. The number of aliphatic hydroxyl groups is 1. The van der Waals surface area contributed by atoms with Crippen molar-refractivity contribution in [2.24, 2.45) is 0 Å². The first-order valence-corrected chi connectivity index (χ1v) is 6.10. The van der Waals surface area contributed by atoms with E-state index in [4.69, 9.17) is 0 Å². The van der Waals surface area contributed by atoms with Gasteiger partial charge in [-0.15, -0.1) is 0 Å². The van der Waals surface area contributed by atoms with E-state index in [1.54, 1.807) is 12.4 Å². The van der Waals surface area contributed by atoms with E-state index in [2.05, 4.69) is 27.6 Å². The summed E-state index contributed by atoms with van der Waals surface area (Å²) < 4.78 is 1.12. The molecule has 2 rings (SSSR count). The predicted octanol–water partition coefficient (Wildman–Crippen LogP) is 3.08. The molecule has 2 aromatic rings. The second-order valence-corrected chi connectivity index (χ2v) is 4.94. The molecule has 0 fully saturated rings. The van der Waals surface area contributed by atoms with E-state index in [1.807, 2.05) is 37.3 Å². The Morgan fingerprint density at radius 2 is 2.12 bits per heavy atom. The summed E-state index contributed by atoms with van der Waals surface area (Å²) in [6, 6.07) is 9.78. The summed E-state index contributed by atoms with van der Waals surface area (Å²) >= 11 is 2.24. The Morgan fingerprint density at radius 3 is 2.81 bits per heavy atom. The van der Waals surface area contributed by atoms with Crippen LogP contribution in [-0.2, 0) is 0 Å². The first kappa shape index (κ1) is 11.5. The highest BCUT2D eigenvalue weighted by molar-refractivity contribution is 14.1. The molecule has 0 spiro atoms. The van der Waals surface area contributed by atoms with Gasteiger partial charge in [0.15, 0.2) is 0 Å². The van der Waals surface area contributed by atoms with Crippen molar-refractivity contribution in [2.45, 2.75) is 13.0 Å².